The van der Waals surface area contributed by atoms with Gasteiger partial charge in [0, 0.05) is 0 Å². The van der Waals surface area contributed by atoms with Crippen molar-refractivity contribution in [3.8, 4) is 5.19 Å². The fourth-order valence-corrected chi connectivity index (χ4v) is 2.17. The number of aromatic nitrogens is 2. The molecule has 0 amide bonds. The van der Waals surface area contributed by atoms with E-state index in [9.17, 15) is 0 Å². The van der Waals surface area contributed by atoms with E-state index in [4.69, 9.17) is 15.2 Å². The third-order valence-electron chi connectivity index (χ3n) is 3.06. The molecule has 1 heterocycles. The second kappa shape index (κ2) is 5.88. The van der Waals surface area contributed by atoms with Gasteiger partial charge in [-0.1, -0.05) is 23.7 Å². The molecule has 2 rings (SSSR count). The monoisotopic (exact) mass is 279 g/mol. The maximum Gasteiger partial charge on any atom is 0.296 e. The maximum absolute atomic E-state index is 5.61. The van der Waals surface area contributed by atoms with E-state index in [1.165, 1.54) is 16.9 Å². The van der Waals surface area contributed by atoms with Crippen LogP contribution in [0.2, 0.25) is 0 Å². The van der Waals surface area contributed by atoms with Crippen LogP contribution in [-0.4, -0.2) is 23.9 Å². The van der Waals surface area contributed by atoms with Gasteiger partial charge in [-0.15, -0.1) is 5.10 Å². The number of hydrogen-bond acceptors (Lipinski definition) is 6. The van der Waals surface area contributed by atoms with Gasteiger partial charge in [0.25, 0.3) is 5.19 Å². The van der Waals surface area contributed by atoms with Crippen LogP contribution in [0.5, 0.6) is 5.19 Å². The Hall–Kier alpha value is -1.82. The zero-order valence-corrected chi connectivity index (χ0v) is 12.0. The Kier molecular flexibility index (Phi) is 4.21. The smallest absolute Gasteiger partial charge is 0.296 e. The first-order valence-electron chi connectivity index (χ1n) is 5.95. The minimum absolute atomic E-state index is 0.349. The second-order valence-electron chi connectivity index (χ2n) is 4.30. The van der Waals surface area contributed by atoms with Gasteiger partial charge in [0.1, 0.15) is 12.4 Å². The van der Waals surface area contributed by atoms with Crippen molar-refractivity contribution in [3.05, 3.63) is 35.1 Å². The van der Waals surface area contributed by atoms with Gasteiger partial charge in [-0.05, 0) is 41.9 Å². The lowest BCUT2D eigenvalue weighted by Gasteiger charge is -2.11. The summed E-state index contributed by atoms with van der Waals surface area (Å²) in [6.45, 7) is 4.66. The van der Waals surface area contributed by atoms with Gasteiger partial charge >= 0.3 is 0 Å². The second-order valence-corrected chi connectivity index (χ2v) is 5.27. The zero-order chi connectivity index (χ0) is 13.8. The summed E-state index contributed by atoms with van der Waals surface area (Å²) in [6, 6.07) is 0. The number of ether oxygens (including phenoxy) is 2. The highest BCUT2D eigenvalue weighted by atomic mass is 32.1. The van der Waals surface area contributed by atoms with Crippen molar-refractivity contribution in [1.82, 2.24) is 10.2 Å². The van der Waals surface area contributed by atoms with Crippen molar-refractivity contribution in [1.29, 1.82) is 0 Å². The Bertz CT molecular complexity index is 546. The summed E-state index contributed by atoms with van der Waals surface area (Å²) in [7, 11) is 1.66. The molecule has 102 valence electrons. The van der Waals surface area contributed by atoms with Crippen LogP contribution < -0.4 is 10.5 Å². The minimum atomic E-state index is 0.349. The number of hydrogen-bond donors (Lipinski definition) is 1. The van der Waals surface area contributed by atoms with Crippen LogP contribution in [0.1, 0.15) is 13.8 Å². The van der Waals surface area contributed by atoms with Gasteiger partial charge in [0.2, 0.25) is 5.13 Å². The van der Waals surface area contributed by atoms with E-state index in [1.54, 1.807) is 7.11 Å². The van der Waals surface area contributed by atoms with Crippen molar-refractivity contribution in [2.24, 2.45) is 5.92 Å². The first kappa shape index (κ1) is 13.6. The average molecular weight is 279 g/mol. The van der Waals surface area contributed by atoms with Crippen LogP contribution in [0.15, 0.2) is 35.1 Å². The molecule has 1 atom stereocenters. The molecule has 1 unspecified atom stereocenters. The molecule has 0 aromatic carbocycles. The number of methoxy groups -OCH3 is 1. The third-order valence-corrected chi connectivity index (χ3v) is 3.73. The summed E-state index contributed by atoms with van der Waals surface area (Å²) in [6.07, 6.45) is 6.07. The summed E-state index contributed by atoms with van der Waals surface area (Å²) in [5.74, 6) is 1.17. The number of allylic oxidation sites excluding steroid dienone is 3. The molecule has 1 aromatic heterocycles. The van der Waals surface area contributed by atoms with Gasteiger partial charge in [-0.25, -0.2) is 0 Å². The molecule has 0 aliphatic heterocycles. The van der Waals surface area contributed by atoms with Crippen molar-refractivity contribution >= 4 is 16.5 Å². The molecule has 0 bridgehead atoms. The normalized spacial score (nSPS) is 19.1. The summed E-state index contributed by atoms with van der Waals surface area (Å²) in [4.78, 5) is 0. The summed E-state index contributed by atoms with van der Waals surface area (Å²) in [5.41, 5.74) is 7.85. The highest BCUT2D eigenvalue weighted by Crippen LogP contribution is 2.25. The van der Waals surface area contributed by atoms with E-state index in [0.29, 0.717) is 22.9 Å². The molecule has 1 aromatic rings. The Labute approximate surface area is 116 Å². The lowest BCUT2D eigenvalue weighted by Crippen LogP contribution is -2.05. The standard InChI is InChI=1S/C13H17N3O2S/c1-8-4-5-11(17-3)6-10(9(8)2)7-18-13-16-15-12(14)19-13/h4-6,8H,7H2,1-3H3,(H2,14,15). The molecule has 19 heavy (non-hydrogen) atoms. The average Bonchev–Trinajstić information content (AvgIpc) is 2.76. The van der Waals surface area contributed by atoms with Crippen LogP contribution >= 0.6 is 11.3 Å². The number of anilines is 1. The van der Waals surface area contributed by atoms with Gasteiger partial charge in [0.05, 0.1) is 7.11 Å². The van der Waals surface area contributed by atoms with E-state index >= 15 is 0 Å². The van der Waals surface area contributed by atoms with Crippen molar-refractivity contribution in [3.63, 3.8) is 0 Å². The van der Waals surface area contributed by atoms with E-state index in [2.05, 4.69) is 30.1 Å². The Morgan fingerprint density at radius 1 is 1.42 bits per heavy atom. The van der Waals surface area contributed by atoms with Crippen LogP contribution in [0.25, 0.3) is 0 Å². The predicted octanol–water partition coefficient (Wildman–Crippen LogP) is 2.55. The first-order chi connectivity index (χ1) is 9.10. The highest BCUT2D eigenvalue weighted by molar-refractivity contribution is 7.16. The third kappa shape index (κ3) is 3.35. The fraction of sp³-hybridized carbons (Fsp3) is 0.385. The van der Waals surface area contributed by atoms with Crippen molar-refractivity contribution in [2.45, 2.75) is 13.8 Å². The van der Waals surface area contributed by atoms with Crippen LogP contribution in [-0.2, 0) is 4.74 Å². The molecule has 0 radical (unpaired) electrons. The SMILES string of the molecule is COC1=CC(COc2nnc(N)s2)=C(C)C(C)C=C1. The molecular formula is C13H17N3O2S. The van der Waals surface area contributed by atoms with E-state index in [1.807, 2.05) is 12.2 Å². The largest absolute Gasteiger partial charge is 0.497 e. The van der Waals surface area contributed by atoms with E-state index < -0.39 is 0 Å². The zero-order valence-electron chi connectivity index (χ0n) is 11.2. The molecule has 6 heteroatoms. The summed E-state index contributed by atoms with van der Waals surface area (Å²) >= 11 is 1.23. The quantitative estimate of drug-likeness (QED) is 0.917. The van der Waals surface area contributed by atoms with Crippen LogP contribution in [0, 0.1) is 5.92 Å². The molecule has 1 aliphatic rings. The lowest BCUT2D eigenvalue weighted by molar-refractivity contribution is 0.304. The molecule has 0 spiro atoms. The molecule has 5 nitrogen and oxygen atoms in total. The maximum atomic E-state index is 5.61. The van der Waals surface area contributed by atoms with Crippen LogP contribution in [0.4, 0.5) is 5.13 Å². The molecule has 2 N–H and O–H groups in total. The topological polar surface area (TPSA) is 70.3 Å². The lowest BCUT2D eigenvalue weighted by atomic mass is 9.98. The molecule has 0 saturated heterocycles. The first-order valence-corrected chi connectivity index (χ1v) is 6.77. The van der Waals surface area contributed by atoms with Crippen molar-refractivity contribution < 1.29 is 9.47 Å². The summed E-state index contributed by atoms with van der Waals surface area (Å²) < 4.78 is 10.9. The van der Waals surface area contributed by atoms with E-state index in [0.717, 1.165) is 11.3 Å². The Morgan fingerprint density at radius 3 is 2.84 bits per heavy atom. The number of nitrogens with two attached hydrogens (primary N) is 1. The minimum Gasteiger partial charge on any atom is -0.497 e. The Balaban J connectivity index is 2.14. The van der Waals surface area contributed by atoms with Gasteiger partial charge in [-0.3, -0.25) is 0 Å². The number of nitrogens with zero attached hydrogens (tertiary/aromatic N) is 2. The predicted molar refractivity (Wildman–Crippen MR) is 75.9 cm³/mol. The van der Waals surface area contributed by atoms with Crippen molar-refractivity contribution in [2.75, 3.05) is 19.5 Å². The molecular weight excluding hydrogens is 262 g/mol. The van der Waals surface area contributed by atoms with Gasteiger partial charge in [-0.2, -0.15) is 0 Å². The van der Waals surface area contributed by atoms with E-state index in [-0.39, 0.29) is 0 Å². The van der Waals surface area contributed by atoms with Gasteiger partial charge < -0.3 is 15.2 Å². The number of nitrogen functional groups attached to an aromatic ring is 1. The highest BCUT2D eigenvalue weighted by Gasteiger charge is 2.12. The fourth-order valence-electron chi connectivity index (χ4n) is 1.71. The number of rotatable bonds is 4. The molecule has 0 fully saturated rings. The molecule has 1 aliphatic carbocycles. The Morgan fingerprint density at radius 2 is 2.21 bits per heavy atom. The summed E-state index contributed by atoms with van der Waals surface area (Å²) in [5, 5.41) is 8.44. The molecule has 0 saturated carbocycles. The van der Waals surface area contributed by atoms with Gasteiger partial charge in [0.15, 0.2) is 0 Å². The van der Waals surface area contributed by atoms with Crippen LogP contribution in [0.3, 0.4) is 0 Å².